The van der Waals surface area contributed by atoms with Crippen molar-refractivity contribution in [3.8, 4) is 0 Å². The number of hydrogen-bond donors (Lipinski definition) is 0. The molecule has 0 aromatic carbocycles. The van der Waals surface area contributed by atoms with Crippen LogP contribution in [0, 0.1) is 5.92 Å². The predicted molar refractivity (Wildman–Crippen MR) is 60.8 cm³/mol. The van der Waals surface area contributed by atoms with Gasteiger partial charge in [-0.15, -0.1) is 0 Å². The molecule has 0 aliphatic rings. The maximum absolute atomic E-state index is 11.6. The Balaban J connectivity index is 4.01. The smallest absolute Gasteiger partial charge is 0.212 e. The first kappa shape index (κ1) is 13.9. The van der Waals surface area contributed by atoms with Crippen molar-refractivity contribution >= 4 is 10.0 Å². The summed E-state index contributed by atoms with van der Waals surface area (Å²) in [6.45, 7) is 6.85. The Hall–Kier alpha value is -0.0900. The van der Waals surface area contributed by atoms with Crippen LogP contribution in [0.5, 0.6) is 0 Å². The van der Waals surface area contributed by atoms with Gasteiger partial charge < -0.3 is 0 Å². The summed E-state index contributed by atoms with van der Waals surface area (Å²) in [6, 6.07) is 0. The Morgan fingerprint density at radius 3 is 2.29 bits per heavy atom. The van der Waals surface area contributed by atoms with Gasteiger partial charge in [-0.2, -0.15) is 0 Å². The second-order valence-electron chi connectivity index (χ2n) is 4.17. The minimum Gasteiger partial charge on any atom is -0.212 e. The molecule has 3 nitrogen and oxygen atoms in total. The minimum atomic E-state index is -2.98. The van der Waals surface area contributed by atoms with Gasteiger partial charge in [-0.25, -0.2) is 12.7 Å². The Kier molecular flexibility index (Phi) is 6.36. The second kappa shape index (κ2) is 6.40. The number of unbranched alkanes of at least 4 members (excludes halogenated alkanes) is 1. The molecule has 0 aromatic heterocycles. The van der Waals surface area contributed by atoms with Crippen molar-refractivity contribution in [1.29, 1.82) is 0 Å². The van der Waals surface area contributed by atoms with Crippen LogP contribution in [0.1, 0.15) is 40.0 Å². The summed E-state index contributed by atoms with van der Waals surface area (Å²) >= 11 is 0. The standard InChI is InChI=1S/C10H23NO2S/c1-5-6-9-14(12,13)11(4)8-7-10(2)3/h10H,5-9H2,1-4H3. The molecule has 0 aliphatic carbocycles. The lowest BCUT2D eigenvalue weighted by Gasteiger charge is -2.17. The van der Waals surface area contributed by atoms with E-state index in [2.05, 4.69) is 13.8 Å². The maximum atomic E-state index is 11.6. The summed E-state index contributed by atoms with van der Waals surface area (Å²) in [5.74, 6) is 0.844. The van der Waals surface area contributed by atoms with E-state index in [0.29, 0.717) is 12.5 Å². The van der Waals surface area contributed by atoms with Crippen LogP contribution in [0.2, 0.25) is 0 Å². The first-order valence-corrected chi connectivity index (χ1v) is 6.95. The van der Waals surface area contributed by atoms with Crippen molar-refractivity contribution in [2.24, 2.45) is 5.92 Å². The Morgan fingerprint density at radius 2 is 1.86 bits per heavy atom. The van der Waals surface area contributed by atoms with Gasteiger partial charge in [-0.05, 0) is 18.8 Å². The highest BCUT2D eigenvalue weighted by Gasteiger charge is 2.16. The van der Waals surface area contributed by atoms with Crippen LogP contribution in [-0.4, -0.2) is 32.1 Å². The molecule has 0 saturated carbocycles. The second-order valence-corrected chi connectivity index (χ2v) is 6.37. The fourth-order valence-electron chi connectivity index (χ4n) is 1.06. The van der Waals surface area contributed by atoms with Crippen molar-refractivity contribution in [3.63, 3.8) is 0 Å². The zero-order valence-electron chi connectivity index (χ0n) is 9.78. The minimum absolute atomic E-state index is 0.290. The van der Waals surface area contributed by atoms with Crippen molar-refractivity contribution in [2.45, 2.75) is 40.0 Å². The molecule has 0 spiro atoms. The number of sulfonamides is 1. The van der Waals surface area contributed by atoms with Crippen molar-refractivity contribution in [3.05, 3.63) is 0 Å². The SMILES string of the molecule is CCCCS(=O)(=O)N(C)CCC(C)C. The quantitative estimate of drug-likeness (QED) is 0.660. The zero-order valence-corrected chi connectivity index (χ0v) is 10.6. The highest BCUT2D eigenvalue weighted by molar-refractivity contribution is 7.89. The van der Waals surface area contributed by atoms with Gasteiger partial charge in [-0.3, -0.25) is 0 Å². The molecule has 0 fully saturated rings. The molecule has 0 aromatic rings. The predicted octanol–water partition coefficient (Wildman–Crippen LogP) is 2.09. The van der Waals surface area contributed by atoms with Crippen molar-refractivity contribution < 1.29 is 8.42 Å². The summed E-state index contributed by atoms with van der Waals surface area (Å²) < 4.78 is 24.7. The van der Waals surface area contributed by atoms with E-state index < -0.39 is 10.0 Å². The molecule has 0 saturated heterocycles. The van der Waals surface area contributed by atoms with Gasteiger partial charge >= 0.3 is 0 Å². The fraction of sp³-hybridized carbons (Fsp3) is 1.00. The molecule has 0 rings (SSSR count). The average molecular weight is 221 g/mol. The molecule has 0 N–H and O–H groups in total. The van der Waals surface area contributed by atoms with Gasteiger partial charge in [0.15, 0.2) is 0 Å². The van der Waals surface area contributed by atoms with E-state index in [4.69, 9.17) is 0 Å². The lowest BCUT2D eigenvalue weighted by Crippen LogP contribution is -2.30. The molecule has 0 unspecified atom stereocenters. The van der Waals surface area contributed by atoms with Gasteiger partial charge in [0.25, 0.3) is 0 Å². The molecule has 4 heteroatoms. The maximum Gasteiger partial charge on any atom is 0.213 e. The Labute approximate surface area is 88.5 Å². The fourth-order valence-corrected chi connectivity index (χ4v) is 2.41. The van der Waals surface area contributed by atoms with E-state index in [9.17, 15) is 8.42 Å². The third-order valence-electron chi connectivity index (χ3n) is 2.25. The topological polar surface area (TPSA) is 37.4 Å². The largest absolute Gasteiger partial charge is 0.213 e. The Bertz CT molecular complexity index is 235. The van der Waals surface area contributed by atoms with Crippen LogP contribution in [0.3, 0.4) is 0 Å². The van der Waals surface area contributed by atoms with E-state index in [1.54, 1.807) is 7.05 Å². The van der Waals surface area contributed by atoms with Crippen LogP contribution in [0.4, 0.5) is 0 Å². The lowest BCUT2D eigenvalue weighted by molar-refractivity contribution is 0.427. The summed E-state index contributed by atoms with van der Waals surface area (Å²) in [6.07, 6.45) is 2.62. The van der Waals surface area contributed by atoms with E-state index in [-0.39, 0.29) is 5.75 Å². The normalized spacial score (nSPS) is 12.7. The molecule has 0 atom stereocenters. The number of nitrogens with zero attached hydrogens (tertiary/aromatic N) is 1. The van der Waals surface area contributed by atoms with E-state index >= 15 is 0 Å². The van der Waals surface area contributed by atoms with Crippen molar-refractivity contribution in [2.75, 3.05) is 19.3 Å². The molecule has 0 amide bonds. The molecule has 0 aliphatic heterocycles. The Morgan fingerprint density at radius 1 is 1.29 bits per heavy atom. The van der Waals surface area contributed by atoms with Crippen LogP contribution in [0.25, 0.3) is 0 Å². The summed E-state index contributed by atoms with van der Waals surface area (Å²) in [5, 5.41) is 0. The van der Waals surface area contributed by atoms with Crippen molar-refractivity contribution in [1.82, 2.24) is 4.31 Å². The number of rotatable bonds is 7. The van der Waals surface area contributed by atoms with E-state index in [0.717, 1.165) is 19.3 Å². The molecule has 86 valence electrons. The van der Waals surface area contributed by atoms with Gasteiger partial charge in [-0.1, -0.05) is 27.2 Å². The molecule has 0 heterocycles. The molecule has 0 radical (unpaired) electrons. The first-order chi connectivity index (χ1) is 6.40. The summed E-state index contributed by atoms with van der Waals surface area (Å²) in [5.41, 5.74) is 0. The van der Waals surface area contributed by atoms with Gasteiger partial charge in [0.05, 0.1) is 5.75 Å². The van der Waals surface area contributed by atoms with Gasteiger partial charge in [0.1, 0.15) is 0 Å². The van der Waals surface area contributed by atoms with Crippen LogP contribution in [-0.2, 0) is 10.0 Å². The van der Waals surface area contributed by atoms with E-state index in [1.807, 2.05) is 6.92 Å². The van der Waals surface area contributed by atoms with Crippen LogP contribution < -0.4 is 0 Å². The molecule has 14 heavy (non-hydrogen) atoms. The third kappa shape index (κ3) is 5.60. The van der Waals surface area contributed by atoms with Crippen LogP contribution >= 0.6 is 0 Å². The highest BCUT2D eigenvalue weighted by Crippen LogP contribution is 2.06. The first-order valence-electron chi connectivity index (χ1n) is 5.34. The van der Waals surface area contributed by atoms with Crippen LogP contribution in [0.15, 0.2) is 0 Å². The highest BCUT2D eigenvalue weighted by atomic mass is 32.2. The van der Waals surface area contributed by atoms with Gasteiger partial charge in [0, 0.05) is 13.6 Å². The monoisotopic (exact) mass is 221 g/mol. The zero-order chi connectivity index (χ0) is 11.2. The third-order valence-corrected chi connectivity index (χ3v) is 4.19. The molecular formula is C10H23NO2S. The summed E-state index contributed by atoms with van der Waals surface area (Å²) in [7, 11) is -1.31. The molecular weight excluding hydrogens is 198 g/mol. The van der Waals surface area contributed by atoms with Gasteiger partial charge in [0.2, 0.25) is 10.0 Å². The summed E-state index contributed by atoms with van der Waals surface area (Å²) in [4.78, 5) is 0. The lowest BCUT2D eigenvalue weighted by atomic mass is 10.1. The molecule has 0 bridgehead atoms. The average Bonchev–Trinajstić information content (AvgIpc) is 2.10. The van der Waals surface area contributed by atoms with E-state index in [1.165, 1.54) is 4.31 Å². The number of hydrogen-bond acceptors (Lipinski definition) is 2.